The number of piperidine rings is 2. The number of benzene rings is 4. The Balaban J connectivity index is 0.000000246. The molecule has 0 radical (unpaired) electrons. The molecule has 0 bridgehead atoms. The summed E-state index contributed by atoms with van der Waals surface area (Å²) in [6, 6.07) is 17.5. The minimum absolute atomic E-state index is 0.0000356. The zero-order chi connectivity index (χ0) is 62.4. The van der Waals surface area contributed by atoms with Gasteiger partial charge in [-0.15, -0.1) is 0 Å². The number of carbonyl (C=O) groups is 6. The van der Waals surface area contributed by atoms with Crippen LogP contribution in [0.4, 0.5) is 55.7 Å². The van der Waals surface area contributed by atoms with E-state index in [1.165, 1.54) is 67.8 Å². The van der Waals surface area contributed by atoms with Crippen molar-refractivity contribution in [2.24, 2.45) is 23.7 Å². The number of halogens is 9. The number of likely N-dealkylation sites (tertiary alicyclic amines) is 1. The number of aliphatic carboxylic acids is 1. The van der Waals surface area contributed by atoms with Gasteiger partial charge in [-0.25, -0.2) is 14.4 Å². The van der Waals surface area contributed by atoms with Gasteiger partial charge in [0.2, 0.25) is 11.8 Å². The third-order valence-electron chi connectivity index (χ3n) is 15.6. The molecular weight excluding hydrogens is 1140 g/mol. The number of hydrogen-bond donors (Lipinski definition) is 3. The van der Waals surface area contributed by atoms with E-state index < -0.39 is 53.3 Å². The Kier molecular flexibility index (Phi) is 23.1. The van der Waals surface area contributed by atoms with Gasteiger partial charge in [-0.1, -0.05) is 38.1 Å². The predicted molar refractivity (Wildman–Crippen MR) is 291 cm³/mol. The smallest absolute Gasteiger partial charge is 0.430 e. The number of nitrogens with two attached hydrogens (primary N) is 1. The number of esters is 1. The molecule has 0 spiro atoms. The molecule has 4 aliphatic rings. The Bertz CT molecular complexity index is 2950. The molecule has 0 unspecified atom stereocenters. The lowest BCUT2D eigenvalue weighted by molar-refractivity contribution is -0.662. The van der Waals surface area contributed by atoms with Gasteiger partial charge >= 0.3 is 36.5 Å². The molecule has 85 heavy (non-hydrogen) atoms. The average molecular weight is 1210 g/mol. The van der Waals surface area contributed by atoms with Crippen molar-refractivity contribution in [3.8, 4) is 23.0 Å². The quantitative estimate of drug-likeness (QED) is 0.0846. The van der Waals surface area contributed by atoms with Crippen molar-refractivity contribution in [3.63, 3.8) is 0 Å². The number of nitrogens with one attached hydrogen (secondary N) is 1. The zero-order valence-corrected chi connectivity index (χ0v) is 47.4. The van der Waals surface area contributed by atoms with Crippen molar-refractivity contribution in [2.75, 3.05) is 49.6 Å². The van der Waals surface area contributed by atoms with Crippen LogP contribution in [0.25, 0.3) is 0 Å². The van der Waals surface area contributed by atoms with Crippen LogP contribution in [-0.4, -0.2) is 104 Å². The molecule has 4 fully saturated rings. The number of para-hydroxylation sites is 2. The van der Waals surface area contributed by atoms with E-state index in [0.29, 0.717) is 62.8 Å². The maximum atomic E-state index is 14.0. The van der Waals surface area contributed by atoms with E-state index in [-0.39, 0.29) is 75.8 Å². The summed E-state index contributed by atoms with van der Waals surface area (Å²) in [7, 11) is 1.24. The number of carboxylic acids is 2. The van der Waals surface area contributed by atoms with Crippen molar-refractivity contribution < 1.29 is 98.0 Å². The lowest BCUT2D eigenvalue weighted by Gasteiger charge is -2.41. The topological polar surface area (TPSA) is 212 Å². The molecule has 0 atom stereocenters. The summed E-state index contributed by atoms with van der Waals surface area (Å²) >= 11 is 0. The fourth-order valence-corrected chi connectivity index (χ4v) is 11.0. The van der Waals surface area contributed by atoms with E-state index in [1.54, 1.807) is 20.8 Å². The van der Waals surface area contributed by atoms with Gasteiger partial charge in [-0.3, -0.25) is 9.59 Å². The Morgan fingerprint density at radius 2 is 1.01 bits per heavy atom. The summed E-state index contributed by atoms with van der Waals surface area (Å²) in [5, 5.41) is 23.9. The second-order valence-electron chi connectivity index (χ2n) is 21.6. The summed E-state index contributed by atoms with van der Waals surface area (Å²) in [5.74, 6) is -5.32. The third kappa shape index (κ3) is 18.0. The third-order valence-corrected chi connectivity index (χ3v) is 15.6. The number of ether oxygens (including phenoxy) is 3. The minimum Gasteiger partial charge on any atom is -0.542 e. The maximum Gasteiger partial charge on any atom is 0.430 e. The SMILES string of the molecule is CCNC(=O)N1CCC(N(C(=O)C2CCC(C)CC2)c2ccc(Oc3ccccc3C(F)(F)F)cc2C(=O)O)CC1.COC(=O)c1cc(Oc2ccccc2C(F)(F)F)ccc1N(C(=O)C1CCC(C)CC1)C1CC[NH2+]CC1.O=C([O-])C(F)(F)F. The number of methoxy groups -OCH3 is 1. The van der Waals surface area contributed by atoms with Gasteiger partial charge in [0.05, 0.1) is 53.8 Å². The normalized spacial score (nSPS) is 19.6. The Hall–Kier alpha value is -7.57. The molecule has 8 rings (SSSR count). The number of quaternary nitrogens is 1. The first-order valence-corrected chi connectivity index (χ1v) is 28.2. The highest BCUT2D eigenvalue weighted by Gasteiger charge is 2.40. The molecule has 2 aliphatic carbocycles. The molecule has 0 aromatic heterocycles. The van der Waals surface area contributed by atoms with Crippen LogP contribution in [-0.2, 0) is 31.5 Å². The number of carbonyl (C=O) groups excluding carboxylic acids is 5. The summed E-state index contributed by atoms with van der Waals surface area (Å²) in [6.07, 6.45) is -5.18. The molecule has 2 heterocycles. The first-order valence-electron chi connectivity index (χ1n) is 28.2. The first kappa shape index (κ1) is 66.6. The van der Waals surface area contributed by atoms with Crippen LogP contribution in [0.1, 0.15) is 130 Å². The van der Waals surface area contributed by atoms with Crippen molar-refractivity contribution in [1.29, 1.82) is 0 Å². The van der Waals surface area contributed by atoms with E-state index in [0.717, 1.165) is 82.7 Å². The van der Waals surface area contributed by atoms with Crippen LogP contribution in [0.2, 0.25) is 0 Å². The highest BCUT2D eigenvalue weighted by atomic mass is 19.4. The summed E-state index contributed by atoms with van der Waals surface area (Å²) < 4.78 is 129. The number of urea groups is 1. The lowest BCUT2D eigenvalue weighted by atomic mass is 9.81. The molecule has 4 aromatic carbocycles. The fourth-order valence-electron chi connectivity index (χ4n) is 11.0. The van der Waals surface area contributed by atoms with E-state index in [4.69, 9.17) is 24.1 Å². The number of nitrogens with zero attached hydrogens (tertiary/aromatic N) is 3. The van der Waals surface area contributed by atoms with Gasteiger partial charge in [0.15, 0.2) is 0 Å². The minimum atomic E-state index is -5.19. The zero-order valence-electron chi connectivity index (χ0n) is 47.4. The van der Waals surface area contributed by atoms with Crippen molar-refractivity contribution >= 4 is 47.1 Å². The van der Waals surface area contributed by atoms with E-state index in [1.807, 2.05) is 6.92 Å². The number of anilines is 2. The monoisotopic (exact) mass is 1210 g/mol. The average Bonchev–Trinajstić information content (AvgIpc) is 2.06. The summed E-state index contributed by atoms with van der Waals surface area (Å²) in [6.45, 7) is 9.22. The number of hydrogen-bond acceptors (Lipinski definition) is 10. The van der Waals surface area contributed by atoms with Crippen molar-refractivity contribution in [3.05, 3.63) is 107 Å². The first-order chi connectivity index (χ1) is 40.1. The molecule has 2 saturated carbocycles. The molecular formula is C60H70F9N5O11. The number of amides is 4. The van der Waals surface area contributed by atoms with Crippen molar-refractivity contribution in [1.82, 2.24) is 10.2 Å². The number of rotatable bonds is 13. The van der Waals surface area contributed by atoms with E-state index in [9.17, 15) is 68.6 Å². The van der Waals surface area contributed by atoms with Crippen LogP contribution in [0, 0.1) is 23.7 Å². The summed E-state index contributed by atoms with van der Waals surface area (Å²) in [5.41, 5.74) is -1.45. The van der Waals surface area contributed by atoms with Crippen LogP contribution >= 0.6 is 0 Å². The van der Waals surface area contributed by atoms with Gasteiger partial charge in [0, 0.05) is 56.4 Å². The van der Waals surface area contributed by atoms with Crippen LogP contribution in [0.3, 0.4) is 0 Å². The number of carboxylic acid groups (broad SMARTS) is 2. The fraction of sp³-hybridized carbons (Fsp3) is 0.500. The standard InChI is InChI=1S/C30H36F3N3O5.C28H33F3N2O4.C2HF3O2/c1-3-34-29(40)35-16-14-21(15-17-35)36(27(37)20-10-8-19(2)9-11-20)25-13-12-22(18-23(25)28(38)39)41-26-7-5-4-6-24(26)30(31,32)33;1-18-7-9-19(10-8-18)26(34)33(20-13-15-32-16-14-20)24-12-11-21(17-22(24)27(35)36-2)37-25-6-4-3-5-23(25)28(29,30)31;3-2(4,5)1(6)7/h4-7,12-13,18-21H,3,8-11,14-17H2,1-2H3,(H,34,40)(H,38,39);3-6,11-12,17-20,32H,7-10,13-16H2,1-2H3;(H,6,7). The molecule has 4 amide bonds. The molecule has 4 N–H and O–H groups in total. The second-order valence-corrected chi connectivity index (χ2v) is 21.6. The Labute approximate surface area is 485 Å². The molecule has 16 nitrogen and oxygen atoms in total. The van der Waals surface area contributed by atoms with Crippen LogP contribution in [0.15, 0.2) is 84.9 Å². The van der Waals surface area contributed by atoms with Gasteiger partial charge in [-0.05, 0) is 144 Å². The molecule has 4 aromatic rings. The lowest BCUT2D eigenvalue weighted by Crippen LogP contribution is -2.87. The predicted octanol–water partition coefficient (Wildman–Crippen LogP) is 11.0. The van der Waals surface area contributed by atoms with E-state index in [2.05, 4.69) is 24.5 Å². The molecule has 464 valence electrons. The van der Waals surface area contributed by atoms with Crippen LogP contribution < -0.4 is 35.0 Å². The van der Waals surface area contributed by atoms with Gasteiger partial charge in [0.25, 0.3) is 0 Å². The molecule has 2 saturated heterocycles. The number of alkyl halides is 9. The van der Waals surface area contributed by atoms with Gasteiger partial charge in [-0.2, -0.15) is 39.5 Å². The largest absolute Gasteiger partial charge is 0.542 e. The highest BCUT2D eigenvalue weighted by molar-refractivity contribution is 6.05. The maximum absolute atomic E-state index is 14.0. The molecule has 2 aliphatic heterocycles. The highest BCUT2D eigenvalue weighted by Crippen LogP contribution is 2.43. The van der Waals surface area contributed by atoms with Crippen molar-refractivity contribution in [2.45, 2.75) is 128 Å². The summed E-state index contributed by atoms with van der Waals surface area (Å²) in [4.78, 5) is 79.4. The Morgan fingerprint density at radius 3 is 1.40 bits per heavy atom. The second kappa shape index (κ2) is 29.5. The van der Waals surface area contributed by atoms with Gasteiger partial charge in [0.1, 0.15) is 29.0 Å². The number of aromatic carboxylic acids is 1. The van der Waals surface area contributed by atoms with Crippen LogP contribution in [0.5, 0.6) is 23.0 Å². The molecule has 25 heteroatoms. The van der Waals surface area contributed by atoms with E-state index >= 15 is 0 Å². The Morgan fingerprint density at radius 1 is 0.612 bits per heavy atom. The van der Waals surface area contributed by atoms with Gasteiger partial charge < -0.3 is 54.6 Å².